The lowest BCUT2D eigenvalue weighted by Gasteiger charge is -2.35. The normalized spacial score (nSPS) is 24.9. The number of carbonyl (C=O) groups excluding carboxylic acids is 4. The molecule has 0 bridgehead atoms. The molecule has 4 rings (SSSR count). The van der Waals surface area contributed by atoms with Crippen LogP contribution in [0, 0.1) is 48.7 Å². The first kappa shape index (κ1) is 59.8. The van der Waals surface area contributed by atoms with Gasteiger partial charge in [0.1, 0.15) is 11.6 Å². The first-order chi connectivity index (χ1) is 28.9. The Balaban J connectivity index is 0.000000433. The molecule has 2 atom stereocenters. The van der Waals surface area contributed by atoms with Crippen LogP contribution in [-0.4, -0.2) is 34.3 Å². The third-order valence-corrected chi connectivity index (χ3v) is 13.8. The van der Waals surface area contributed by atoms with Crippen molar-refractivity contribution in [1.29, 1.82) is 0 Å². The van der Waals surface area contributed by atoms with E-state index in [0.717, 1.165) is 18.4 Å². The molecule has 2 unspecified atom stereocenters. The topological polar surface area (TPSA) is 88.5 Å². The van der Waals surface area contributed by atoms with Crippen LogP contribution in [0.2, 0.25) is 0 Å². The summed E-state index contributed by atoms with van der Waals surface area (Å²) < 4.78 is 0. The zero-order chi connectivity index (χ0) is 51.2. The maximum atomic E-state index is 12.4. The molecule has 1 N–H and O–H groups in total. The number of Topliss-reactive ketones (excluding diaryl/α,β-unsaturated/α-hetero) is 3. The van der Waals surface area contributed by atoms with Crippen LogP contribution in [0.25, 0.3) is 0 Å². The van der Waals surface area contributed by atoms with Crippen molar-refractivity contribution < 1.29 is 24.3 Å². The zero-order valence-electron chi connectivity index (χ0n) is 46.4. The molecule has 65 heavy (non-hydrogen) atoms. The fourth-order valence-corrected chi connectivity index (χ4v) is 9.10. The van der Waals surface area contributed by atoms with E-state index in [-0.39, 0.29) is 55.2 Å². The van der Waals surface area contributed by atoms with E-state index in [1.54, 1.807) is 6.08 Å². The maximum absolute atomic E-state index is 12.4. The lowest BCUT2D eigenvalue weighted by molar-refractivity contribution is -0.128. The Hall–Kier alpha value is -3.18. The minimum atomic E-state index is -0.436. The van der Waals surface area contributed by atoms with Crippen molar-refractivity contribution in [2.24, 2.45) is 48.7 Å². The van der Waals surface area contributed by atoms with Gasteiger partial charge in [0.15, 0.2) is 11.6 Å². The van der Waals surface area contributed by atoms with Crippen LogP contribution < -0.4 is 0 Å². The molecule has 4 aliphatic rings. The summed E-state index contributed by atoms with van der Waals surface area (Å²) in [5.41, 5.74) is 7.18. The fourth-order valence-electron chi connectivity index (χ4n) is 9.10. The molecule has 0 heterocycles. The van der Waals surface area contributed by atoms with E-state index in [1.807, 2.05) is 33.8 Å². The van der Waals surface area contributed by atoms with Crippen molar-refractivity contribution in [3.63, 3.8) is 0 Å². The minimum Gasteiger partial charge on any atom is -0.393 e. The summed E-state index contributed by atoms with van der Waals surface area (Å²) in [5, 5.41) is 9.80. The van der Waals surface area contributed by atoms with Crippen LogP contribution >= 0.6 is 0 Å². The molecule has 0 aromatic rings. The Morgan fingerprint density at radius 1 is 0.569 bits per heavy atom. The lowest BCUT2D eigenvalue weighted by atomic mass is 9.66. The summed E-state index contributed by atoms with van der Waals surface area (Å²) in [4.78, 5) is 47.6. The van der Waals surface area contributed by atoms with E-state index >= 15 is 0 Å². The number of aliphatic hydroxyl groups excluding tert-OH is 1. The molecule has 0 aliphatic heterocycles. The Morgan fingerprint density at radius 2 is 1.02 bits per heavy atom. The number of aliphatic hydroxyl groups is 1. The number of rotatable bonds is 5. The summed E-state index contributed by atoms with van der Waals surface area (Å²) in [6, 6.07) is 0. The van der Waals surface area contributed by atoms with Gasteiger partial charge >= 0.3 is 0 Å². The quantitative estimate of drug-likeness (QED) is 0.278. The van der Waals surface area contributed by atoms with Gasteiger partial charge in [-0.15, -0.1) is 0 Å². The molecule has 0 aromatic heterocycles. The minimum absolute atomic E-state index is 0.00116. The Bertz CT molecular complexity index is 1950. The highest BCUT2D eigenvalue weighted by Crippen LogP contribution is 2.53. The number of hydrogen-bond acceptors (Lipinski definition) is 5. The smallest absolute Gasteiger partial charge is 0.161 e. The molecular weight excluding hydrogens is 801 g/mol. The van der Waals surface area contributed by atoms with Crippen molar-refractivity contribution in [2.45, 2.75) is 224 Å². The molecular formula is C60H98O5. The summed E-state index contributed by atoms with van der Waals surface area (Å²) in [7, 11) is 0. The van der Waals surface area contributed by atoms with Gasteiger partial charge in [-0.1, -0.05) is 185 Å². The highest BCUT2D eigenvalue weighted by atomic mass is 16.3. The van der Waals surface area contributed by atoms with Crippen LogP contribution in [-0.2, 0) is 19.2 Å². The van der Waals surface area contributed by atoms with Gasteiger partial charge in [0.05, 0.1) is 6.10 Å². The van der Waals surface area contributed by atoms with Crippen LogP contribution in [0.15, 0.2) is 82.0 Å². The third-order valence-electron chi connectivity index (χ3n) is 13.8. The molecule has 0 radical (unpaired) electrons. The van der Waals surface area contributed by atoms with Crippen molar-refractivity contribution in [2.75, 3.05) is 0 Å². The van der Waals surface area contributed by atoms with Crippen molar-refractivity contribution in [3.8, 4) is 0 Å². The van der Waals surface area contributed by atoms with Gasteiger partial charge < -0.3 is 5.11 Å². The van der Waals surface area contributed by atoms with Gasteiger partial charge in [-0.3, -0.25) is 19.2 Å². The summed E-state index contributed by atoms with van der Waals surface area (Å²) in [5.74, 6) is 1.20. The number of ketones is 4. The number of allylic oxidation sites excluding steroid dienone is 14. The predicted molar refractivity (Wildman–Crippen MR) is 279 cm³/mol. The number of carbonyl (C=O) groups is 4. The molecule has 4 aliphatic carbocycles. The highest BCUT2D eigenvalue weighted by molar-refractivity contribution is 5.97. The molecule has 5 nitrogen and oxygen atoms in total. The zero-order valence-corrected chi connectivity index (χ0v) is 46.4. The molecule has 1 fully saturated rings. The molecule has 0 amide bonds. The van der Waals surface area contributed by atoms with Crippen molar-refractivity contribution >= 4 is 23.1 Å². The van der Waals surface area contributed by atoms with Crippen LogP contribution in [0.4, 0.5) is 0 Å². The summed E-state index contributed by atoms with van der Waals surface area (Å²) in [6.07, 6.45) is 22.4. The van der Waals surface area contributed by atoms with E-state index in [2.05, 4.69) is 175 Å². The first-order valence-electron chi connectivity index (χ1n) is 24.6. The Labute approximate surface area is 400 Å². The average Bonchev–Trinajstić information content (AvgIpc) is 3.31. The lowest BCUT2D eigenvalue weighted by Crippen LogP contribution is -2.36. The molecule has 5 heteroatoms. The second kappa shape index (κ2) is 21.8. The van der Waals surface area contributed by atoms with Crippen molar-refractivity contribution in [1.82, 2.24) is 0 Å². The Kier molecular flexibility index (Phi) is 20.1. The average molecular weight is 899 g/mol. The van der Waals surface area contributed by atoms with Crippen molar-refractivity contribution in [3.05, 3.63) is 82.0 Å². The number of hydrogen-bond donors (Lipinski definition) is 1. The SMILES string of the molecule is CC(C)(C)/C=C/C(=O)C1(C)CC(O)CC1(C)C.CC1=C(/C=C/C(C)(C)C)C(C)(C)C(=O)CC1.CC1=C(/C=C/C(C)(C)C)C(C)(C)CC(=O)C1.CC1=C(/C=C/C(C)(C)C)C(C)(C)CCC1=O. The fraction of sp³-hybridized carbons (Fsp3) is 0.700. The molecule has 0 spiro atoms. The van der Waals surface area contributed by atoms with Gasteiger partial charge in [-0.05, 0) is 127 Å². The second-order valence-electron chi connectivity index (χ2n) is 27.0. The van der Waals surface area contributed by atoms with Gasteiger partial charge in [-0.25, -0.2) is 0 Å². The van der Waals surface area contributed by atoms with Crippen LogP contribution in [0.1, 0.15) is 218 Å². The molecule has 0 aromatic carbocycles. The first-order valence-corrected chi connectivity index (χ1v) is 24.6. The van der Waals surface area contributed by atoms with E-state index in [1.165, 1.54) is 27.9 Å². The van der Waals surface area contributed by atoms with Crippen LogP contribution in [0.3, 0.4) is 0 Å². The molecule has 1 saturated carbocycles. The Morgan fingerprint density at radius 3 is 1.43 bits per heavy atom. The highest BCUT2D eigenvalue weighted by Gasteiger charge is 2.53. The summed E-state index contributed by atoms with van der Waals surface area (Å²) in [6.45, 7) is 51.1. The van der Waals surface area contributed by atoms with E-state index < -0.39 is 5.41 Å². The molecule has 0 saturated heterocycles. The third kappa shape index (κ3) is 18.8. The van der Waals surface area contributed by atoms with Gasteiger partial charge in [0, 0.05) is 36.5 Å². The van der Waals surface area contributed by atoms with E-state index in [9.17, 15) is 24.3 Å². The van der Waals surface area contributed by atoms with Gasteiger partial charge in [0.2, 0.25) is 0 Å². The predicted octanol–water partition coefficient (Wildman–Crippen LogP) is 16.2. The standard InChI is InChI=1S/C15H26O2.3C15H24O/c1-13(2,3)8-7-12(17)15(6)10-11(16)9-14(15,4)5;1-11-12(7-9-14(2,3)4)15(5,6)10-8-13(11)16;1-11-9-12(16)10-15(5,6)13(11)7-8-14(2,3)4;1-11-7-8-13(16)15(5,6)12(11)9-10-14(2,3)4/h7-8,11,16H,9-10H2,1-6H3;7,9H,8,10H2,1-6H3;7-8H,9-10H2,1-6H3;9-10H,7-8H2,1-6H3/b8-7+;9-7+;8-7+;10-9+. The molecule has 368 valence electrons. The van der Waals surface area contributed by atoms with Gasteiger partial charge in [-0.2, -0.15) is 0 Å². The monoisotopic (exact) mass is 899 g/mol. The van der Waals surface area contributed by atoms with E-state index in [0.29, 0.717) is 55.9 Å². The van der Waals surface area contributed by atoms with E-state index in [4.69, 9.17) is 0 Å². The second-order valence-corrected chi connectivity index (χ2v) is 27.0. The summed E-state index contributed by atoms with van der Waals surface area (Å²) >= 11 is 0. The van der Waals surface area contributed by atoms with Gasteiger partial charge in [0.25, 0.3) is 0 Å². The van der Waals surface area contributed by atoms with Crippen LogP contribution in [0.5, 0.6) is 0 Å². The largest absolute Gasteiger partial charge is 0.393 e. The maximum Gasteiger partial charge on any atom is 0.161 e.